The van der Waals surface area contributed by atoms with E-state index < -0.39 is 4.92 Å². The van der Waals surface area contributed by atoms with Gasteiger partial charge in [0.25, 0.3) is 11.6 Å². The second-order valence-corrected chi connectivity index (χ2v) is 5.98. The molecule has 0 N–H and O–H groups in total. The van der Waals surface area contributed by atoms with E-state index in [-0.39, 0.29) is 18.1 Å². The summed E-state index contributed by atoms with van der Waals surface area (Å²) in [6.07, 6.45) is 6.47. The minimum atomic E-state index is -0.500. The van der Waals surface area contributed by atoms with Gasteiger partial charge >= 0.3 is 0 Å². The second kappa shape index (κ2) is 7.32. The van der Waals surface area contributed by atoms with Crippen LogP contribution >= 0.6 is 11.6 Å². The maximum atomic E-state index is 12.6. The standard InChI is InChI=1S/C17H14ClN5O3/c1-21(10-13-8-14(23(25)26)3-4-15(13)18)17(24)12-2-5-16(20-9-12)22-7-6-19-11-22/h2-9,11H,10H2,1H3. The second-order valence-electron chi connectivity index (χ2n) is 5.57. The normalized spacial score (nSPS) is 10.5. The van der Waals surface area contributed by atoms with E-state index in [4.69, 9.17) is 11.6 Å². The molecule has 2 heterocycles. The van der Waals surface area contributed by atoms with E-state index in [1.165, 1.54) is 29.3 Å². The van der Waals surface area contributed by atoms with Crippen LogP contribution < -0.4 is 0 Å². The number of pyridine rings is 1. The Bertz CT molecular complexity index is 942. The number of imidazole rings is 1. The quantitative estimate of drug-likeness (QED) is 0.507. The summed E-state index contributed by atoms with van der Waals surface area (Å²) in [5.74, 6) is 0.376. The average Bonchev–Trinajstić information content (AvgIpc) is 3.17. The van der Waals surface area contributed by atoms with E-state index in [0.717, 1.165) is 0 Å². The molecule has 9 heteroatoms. The molecule has 3 aromatic rings. The number of halogens is 1. The fourth-order valence-corrected chi connectivity index (χ4v) is 2.58. The molecule has 0 radical (unpaired) electrons. The molecule has 0 unspecified atom stereocenters. The first kappa shape index (κ1) is 17.6. The van der Waals surface area contributed by atoms with Crippen LogP contribution in [-0.4, -0.2) is 37.3 Å². The van der Waals surface area contributed by atoms with Crippen molar-refractivity contribution in [1.82, 2.24) is 19.4 Å². The van der Waals surface area contributed by atoms with Crippen LogP contribution in [0.2, 0.25) is 5.02 Å². The minimum Gasteiger partial charge on any atom is -0.337 e. The third-order valence-electron chi connectivity index (χ3n) is 3.76. The first-order chi connectivity index (χ1) is 12.5. The maximum absolute atomic E-state index is 12.6. The van der Waals surface area contributed by atoms with Crippen molar-refractivity contribution in [2.75, 3.05) is 7.05 Å². The van der Waals surface area contributed by atoms with Crippen LogP contribution in [0.4, 0.5) is 5.69 Å². The number of benzene rings is 1. The zero-order valence-corrected chi connectivity index (χ0v) is 14.5. The van der Waals surface area contributed by atoms with E-state index in [1.807, 2.05) is 0 Å². The first-order valence-corrected chi connectivity index (χ1v) is 7.96. The molecule has 132 valence electrons. The third-order valence-corrected chi connectivity index (χ3v) is 4.13. The predicted molar refractivity (Wildman–Crippen MR) is 95.3 cm³/mol. The number of rotatable bonds is 5. The molecule has 0 saturated carbocycles. The summed E-state index contributed by atoms with van der Waals surface area (Å²) in [5.41, 5.74) is 0.828. The van der Waals surface area contributed by atoms with Crippen molar-refractivity contribution in [1.29, 1.82) is 0 Å². The van der Waals surface area contributed by atoms with Crippen LogP contribution in [-0.2, 0) is 6.54 Å². The molecule has 0 saturated heterocycles. The monoisotopic (exact) mass is 371 g/mol. The summed E-state index contributed by atoms with van der Waals surface area (Å²) >= 11 is 6.09. The highest BCUT2D eigenvalue weighted by Gasteiger charge is 2.16. The van der Waals surface area contributed by atoms with Crippen LogP contribution in [0.3, 0.4) is 0 Å². The van der Waals surface area contributed by atoms with Crippen LogP contribution in [0.15, 0.2) is 55.2 Å². The van der Waals surface area contributed by atoms with E-state index in [2.05, 4.69) is 9.97 Å². The van der Waals surface area contributed by atoms with E-state index >= 15 is 0 Å². The highest BCUT2D eigenvalue weighted by atomic mass is 35.5. The third kappa shape index (κ3) is 3.70. The zero-order valence-electron chi connectivity index (χ0n) is 13.7. The largest absolute Gasteiger partial charge is 0.337 e. The van der Waals surface area contributed by atoms with Gasteiger partial charge in [-0.05, 0) is 23.8 Å². The average molecular weight is 372 g/mol. The fraction of sp³-hybridized carbons (Fsp3) is 0.118. The molecule has 0 aliphatic carbocycles. The van der Waals surface area contributed by atoms with Crippen molar-refractivity contribution in [2.45, 2.75) is 6.54 Å². The number of carbonyl (C=O) groups excluding carboxylic acids is 1. The molecule has 0 bridgehead atoms. The molecule has 1 aromatic carbocycles. The molecule has 0 atom stereocenters. The summed E-state index contributed by atoms with van der Waals surface area (Å²) in [6.45, 7) is 0.141. The number of hydrogen-bond donors (Lipinski definition) is 0. The zero-order chi connectivity index (χ0) is 18.7. The maximum Gasteiger partial charge on any atom is 0.269 e. The molecule has 3 rings (SSSR count). The molecule has 0 aliphatic heterocycles. The summed E-state index contributed by atoms with van der Waals surface area (Å²) in [7, 11) is 1.60. The van der Waals surface area contributed by atoms with Gasteiger partial charge in [0.2, 0.25) is 0 Å². The fourth-order valence-electron chi connectivity index (χ4n) is 2.40. The Morgan fingerprint density at radius 3 is 2.77 bits per heavy atom. The number of amides is 1. The van der Waals surface area contributed by atoms with E-state index in [1.54, 1.807) is 42.5 Å². The number of hydrogen-bond acceptors (Lipinski definition) is 5. The molecule has 1 amide bonds. The summed E-state index contributed by atoms with van der Waals surface area (Å²) in [6, 6.07) is 7.52. The summed E-state index contributed by atoms with van der Waals surface area (Å²) in [4.78, 5) is 32.6. The van der Waals surface area contributed by atoms with E-state index in [9.17, 15) is 14.9 Å². The van der Waals surface area contributed by atoms with Crippen LogP contribution in [0.25, 0.3) is 5.82 Å². The minimum absolute atomic E-state index is 0.0726. The van der Waals surface area contributed by atoms with Crippen LogP contribution in [0.1, 0.15) is 15.9 Å². The number of nitrogens with zero attached hydrogens (tertiary/aromatic N) is 5. The van der Waals surface area contributed by atoms with Gasteiger partial charge in [-0.15, -0.1) is 0 Å². The summed E-state index contributed by atoms with van der Waals surface area (Å²) in [5, 5.41) is 11.3. The van der Waals surface area contributed by atoms with Gasteiger partial charge in [0.1, 0.15) is 12.1 Å². The van der Waals surface area contributed by atoms with Gasteiger partial charge in [-0.25, -0.2) is 9.97 Å². The number of non-ortho nitro benzene ring substituents is 1. The van der Waals surface area contributed by atoms with Crippen molar-refractivity contribution < 1.29 is 9.72 Å². The Balaban J connectivity index is 1.76. The van der Waals surface area contributed by atoms with E-state index in [0.29, 0.717) is 22.0 Å². The molecule has 0 spiro atoms. The van der Waals surface area contributed by atoms with Crippen LogP contribution in [0.5, 0.6) is 0 Å². The Hall–Kier alpha value is -3.26. The lowest BCUT2D eigenvalue weighted by atomic mass is 10.1. The van der Waals surface area contributed by atoms with Crippen molar-refractivity contribution >= 4 is 23.2 Å². The van der Waals surface area contributed by atoms with Crippen molar-refractivity contribution in [3.05, 3.63) is 81.5 Å². The molecule has 26 heavy (non-hydrogen) atoms. The van der Waals surface area contributed by atoms with Crippen molar-refractivity contribution in [3.63, 3.8) is 0 Å². The first-order valence-electron chi connectivity index (χ1n) is 7.58. The summed E-state index contributed by atoms with van der Waals surface area (Å²) < 4.78 is 1.72. The van der Waals surface area contributed by atoms with Crippen molar-refractivity contribution in [2.24, 2.45) is 0 Å². The van der Waals surface area contributed by atoms with Gasteiger partial charge in [0, 0.05) is 49.3 Å². The predicted octanol–water partition coefficient (Wildman–Crippen LogP) is 3.10. The SMILES string of the molecule is CN(Cc1cc([N+](=O)[O-])ccc1Cl)C(=O)c1ccc(-n2ccnc2)nc1. The van der Waals surface area contributed by atoms with Gasteiger partial charge in [-0.3, -0.25) is 19.5 Å². The molecular formula is C17H14ClN5O3. The van der Waals surface area contributed by atoms with Gasteiger partial charge in [-0.2, -0.15) is 0 Å². The molecular weight excluding hydrogens is 358 g/mol. The number of carbonyl (C=O) groups is 1. The van der Waals surface area contributed by atoms with Crippen LogP contribution in [0, 0.1) is 10.1 Å². The van der Waals surface area contributed by atoms with Gasteiger partial charge in [-0.1, -0.05) is 11.6 Å². The van der Waals surface area contributed by atoms with Crippen molar-refractivity contribution in [3.8, 4) is 5.82 Å². The Morgan fingerprint density at radius 1 is 1.35 bits per heavy atom. The van der Waals surface area contributed by atoms with Gasteiger partial charge in [0.05, 0.1) is 10.5 Å². The Kier molecular flexibility index (Phi) is 4.94. The number of nitro groups is 1. The smallest absolute Gasteiger partial charge is 0.269 e. The Morgan fingerprint density at radius 2 is 2.15 bits per heavy atom. The highest BCUT2D eigenvalue weighted by Crippen LogP contribution is 2.23. The lowest BCUT2D eigenvalue weighted by molar-refractivity contribution is -0.384. The molecule has 2 aromatic heterocycles. The topological polar surface area (TPSA) is 94.2 Å². The lowest BCUT2D eigenvalue weighted by Gasteiger charge is -2.18. The highest BCUT2D eigenvalue weighted by molar-refractivity contribution is 6.31. The number of aromatic nitrogens is 3. The Labute approximate surface area is 153 Å². The molecule has 8 nitrogen and oxygen atoms in total. The van der Waals surface area contributed by atoms with Gasteiger partial charge < -0.3 is 4.90 Å². The lowest BCUT2D eigenvalue weighted by Crippen LogP contribution is -2.26. The number of nitro benzene ring substituents is 1. The molecule has 0 aliphatic rings. The van der Waals surface area contributed by atoms with Gasteiger partial charge in [0.15, 0.2) is 0 Å². The molecule has 0 fully saturated rings.